The second kappa shape index (κ2) is 4.94. The molecule has 0 radical (unpaired) electrons. The summed E-state index contributed by atoms with van der Waals surface area (Å²) in [5.74, 6) is 0. The maximum atomic E-state index is 4.04. The predicted octanol–water partition coefficient (Wildman–Crippen LogP) is 5.83. The first-order valence-electron chi connectivity index (χ1n) is 6.47. The molecule has 0 spiro atoms. The Morgan fingerprint density at radius 1 is 0.812 bits per heavy atom. The van der Waals surface area contributed by atoms with Crippen LogP contribution < -0.4 is 0 Å². The summed E-state index contributed by atoms with van der Waals surface area (Å²) < 4.78 is 0. The molecule has 0 heteroatoms. The summed E-state index contributed by atoms with van der Waals surface area (Å²) in [5.41, 5.74) is 2.51. The van der Waals surface area contributed by atoms with Gasteiger partial charge < -0.3 is 0 Å². The molecule has 0 aliphatic rings. The zero-order chi connectivity index (χ0) is 13.2. The molecule has 0 rings (SSSR count). The van der Waals surface area contributed by atoms with Crippen LogP contribution in [0.3, 0.4) is 0 Å². The summed E-state index contributed by atoms with van der Waals surface area (Å²) in [6.45, 7) is 22.7. The van der Waals surface area contributed by atoms with Gasteiger partial charge in [0.25, 0.3) is 0 Å². The average molecular weight is 224 g/mol. The summed E-state index contributed by atoms with van der Waals surface area (Å²) in [7, 11) is 0. The second-order valence-corrected chi connectivity index (χ2v) is 8.38. The van der Waals surface area contributed by atoms with Gasteiger partial charge >= 0.3 is 0 Å². The van der Waals surface area contributed by atoms with E-state index in [0.29, 0.717) is 16.2 Å². The summed E-state index contributed by atoms with van der Waals surface area (Å²) in [4.78, 5) is 0. The van der Waals surface area contributed by atoms with E-state index >= 15 is 0 Å². The lowest BCUT2D eigenvalue weighted by Gasteiger charge is -2.39. The Morgan fingerprint density at radius 2 is 1.25 bits per heavy atom. The normalized spacial score (nSPS) is 14.0. The van der Waals surface area contributed by atoms with Crippen LogP contribution in [-0.2, 0) is 0 Å². The van der Waals surface area contributed by atoms with Crippen LogP contribution in [0.1, 0.15) is 74.7 Å². The average Bonchev–Trinajstić information content (AvgIpc) is 1.69. The molecule has 0 fully saturated rings. The van der Waals surface area contributed by atoms with E-state index in [1.165, 1.54) is 18.4 Å². The van der Waals surface area contributed by atoms with Crippen LogP contribution in [-0.4, -0.2) is 0 Å². The van der Waals surface area contributed by atoms with Gasteiger partial charge in [-0.25, -0.2) is 0 Å². The highest BCUT2D eigenvalue weighted by Gasteiger charge is 2.31. The van der Waals surface area contributed by atoms with E-state index in [9.17, 15) is 0 Å². The summed E-state index contributed by atoms with van der Waals surface area (Å²) in [5, 5.41) is 0. The van der Waals surface area contributed by atoms with Crippen molar-refractivity contribution in [1.82, 2.24) is 0 Å². The standard InChI is InChI=1S/C16H32/c1-13(2)10-15(6,7)12-16(8,9)11-14(3,4)5/h1,10-12H2,2-9H3. The highest BCUT2D eigenvalue weighted by atomic mass is 14.4. The van der Waals surface area contributed by atoms with Crippen LogP contribution in [0, 0.1) is 16.2 Å². The van der Waals surface area contributed by atoms with Gasteiger partial charge in [-0.15, -0.1) is 6.58 Å². The van der Waals surface area contributed by atoms with E-state index in [-0.39, 0.29) is 0 Å². The van der Waals surface area contributed by atoms with Crippen molar-refractivity contribution in [2.24, 2.45) is 16.2 Å². The molecule has 16 heavy (non-hydrogen) atoms. The highest BCUT2D eigenvalue weighted by molar-refractivity contribution is 4.95. The number of rotatable bonds is 5. The third-order valence-corrected chi connectivity index (χ3v) is 2.75. The van der Waals surface area contributed by atoms with Gasteiger partial charge in [0, 0.05) is 0 Å². The molecule has 0 amide bonds. The van der Waals surface area contributed by atoms with Gasteiger partial charge in [-0.1, -0.05) is 54.0 Å². The quantitative estimate of drug-likeness (QED) is 0.515. The molecule has 0 nitrogen and oxygen atoms in total. The minimum absolute atomic E-state index is 0.376. The fraction of sp³-hybridized carbons (Fsp3) is 0.875. The highest BCUT2D eigenvalue weighted by Crippen LogP contribution is 2.43. The van der Waals surface area contributed by atoms with Crippen LogP contribution >= 0.6 is 0 Å². The lowest BCUT2D eigenvalue weighted by atomic mass is 9.67. The topological polar surface area (TPSA) is 0 Å². The first-order valence-corrected chi connectivity index (χ1v) is 6.47. The largest absolute Gasteiger partial charge is 0.100 e. The van der Waals surface area contributed by atoms with Crippen molar-refractivity contribution < 1.29 is 0 Å². The summed E-state index contributed by atoms with van der Waals surface area (Å²) in [6, 6.07) is 0. The molecule has 0 aromatic rings. The van der Waals surface area contributed by atoms with Crippen LogP contribution in [0.5, 0.6) is 0 Å². The van der Waals surface area contributed by atoms with E-state index in [0.717, 1.165) is 6.42 Å². The summed E-state index contributed by atoms with van der Waals surface area (Å²) in [6.07, 6.45) is 3.68. The van der Waals surface area contributed by atoms with E-state index in [4.69, 9.17) is 0 Å². The number of allylic oxidation sites excluding steroid dienone is 1. The Balaban J connectivity index is 4.51. The molecule has 0 bridgehead atoms. The Labute approximate surface area is 104 Å². The molecule has 0 heterocycles. The Morgan fingerprint density at radius 3 is 1.56 bits per heavy atom. The molecule has 96 valence electrons. The third-order valence-electron chi connectivity index (χ3n) is 2.75. The zero-order valence-corrected chi connectivity index (χ0v) is 12.8. The molecule has 0 aromatic carbocycles. The Hall–Kier alpha value is -0.260. The minimum atomic E-state index is 0.376. The van der Waals surface area contributed by atoms with Gasteiger partial charge in [-0.3, -0.25) is 0 Å². The molecule has 0 saturated carbocycles. The smallest absolute Gasteiger partial charge is 0.0274 e. The predicted molar refractivity (Wildman–Crippen MR) is 75.7 cm³/mol. The van der Waals surface area contributed by atoms with Gasteiger partial charge in [0.2, 0.25) is 0 Å². The SMILES string of the molecule is C=C(C)CC(C)(C)CC(C)(C)CC(C)(C)C. The van der Waals surface area contributed by atoms with Gasteiger partial charge in [-0.2, -0.15) is 0 Å². The van der Waals surface area contributed by atoms with Gasteiger partial charge in [0.15, 0.2) is 0 Å². The molecular formula is C16H32. The van der Waals surface area contributed by atoms with E-state index in [2.05, 4.69) is 62.0 Å². The first-order chi connectivity index (χ1) is 6.83. The fourth-order valence-corrected chi connectivity index (χ4v) is 3.67. The molecule has 0 aromatic heterocycles. The van der Waals surface area contributed by atoms with Crippen molar-refractivity contribution in [2.45, 2.75) is 74.7 Å². The van der Waals surface area contributed by atoms with E-state index in [1.54, 1.807) is 0 Å². The second-order valence-electron chi connectivity index (χ2n) is 8.38. The van der Waals surface area contributed by atoms with Crippen LogP contribution in [0.15, 0.2) is 12.2 Å². The molecule has 0 aliphatic heterocycles. The third kappa shape index (κ3) is 7.96. The van der Waals surface area contributed by atoms with E-state index < -0.39 is 0 Å². The van der Waals surface area contributed by atoms with Gasteiger partial charge in [0.1, 0.15) is 0 Å². The van der Waals surface area contributed by atoms with Gasteiger partial charge in [0.05, 0.1) is 0 Å². The molecule has 0 atom stereocenters. The molecule has 0 aliphatic carbocycles. The summed E-state index contributed by atoms with van der Waals surface area (Å²) >= 11 is 0. The van der Waals surface area contributed by atoms with E-state index in [1.807, 2.05) is 0 Å². The van der Waals surface area contributed by atoms with Crippen molar-refractivity contribution in [2.75, 3.05) is 0 Å². The van der Waals surface area contributed by atoms with Crippen LogP contribution in [0.25, 0.3) is 0 Å². The molecule has 0 saturated heterocycles. The fourth-order valence-electron chi connectivity index (χ4n) is 3.67. The lowest BCUT2D eigenvalue weighted by molar-refractivity contribution is 0.133. The van der Waals surface area contributed by atoms with Crippen molar-refractivity contribution >= 4 is 0 Å². The van der Waals surface area contributed by atoms with Gasteiger partial charge in [-0.05, 0) is 42.4 Å². The van der Waals surface area contributed by atoms with Crippen molar-refractivity contribution in [3.05, 3.63) is 12.2 Å². The molecular weight excluding hydrogens is 192 g/mol. The minimum Gasteiger partial charge on any atom is -0.100 e. The number of hydrogen-bond acceptors (Lipinski definition) is 0. The zero-order valence-electron chi connectivity index (χ0n) is 12.8. The molecule has 0 N–H and O–H groups in total. The van der Waals surface area contributed by atoms with Crippen molar-refractivity contribution in [3.63, 3.8) is 0 Å². The first kappa shape index (κ1) is 15.7. The Bertz CT molecular complexity index is 235. The monoisotopic (exact) mass is 224 g/mol. The van der Waals surface area contributed by atoms with Crippen molar-refractivity contribution in [3.8, 4) is 0 Å². The molecule has 0 unspecified atom stereocenters. The van der Waals surface area contributed by atoms with Crippen LogP contribution in [0.4, 0.5) is 0 Å². The van der Waals surface area contributed by atoms with Crippen molar-refractivity contribution in [1.29, 1.82) is 0 Å². The number of hydrogen-bond donors (Lipinski definition) is 0. The lowest BCUT2D eigenvalue weighted by Crippen LogP contribution is -2.27. The van der Waals surface area contributed by atoms with Crippen LogP contribution in [0.2, 0.25) is 0 Å². The Kier molecular flexibility index (Phi) is 4.86. The maximum absolute atomic E-state index is 4.04. The maximum Gasteiger partial charge on any atom is -0.0274 e.